The van der Waals surface area contributed by atoms with Crippen molar-refractivity contribution in [3.8, 4) is 5.69 Å². The molecule has 4 rings (SSSR count). The highest BCUT2D eigenvalue weighted by molar-refractivity contribution is 7.14. The van der Waals surface area contributed by atoms with E-state index in [1.54, 1.807) is 28.5 Å². The lowest BCUT2D eigenvalue weighted by Gasteiger charge is -2.08. The molecule has 0 unspecified atom stereocenters. The van der Waals surface area contributed by atoms with E-state index in [9.17, 15) is 4.79 Å². The van der Waals surface area contributed by atoms with Gasteiger partial charge in [-0.05, 0) is 61.6 Å². The minimum Gasteiger partial charge on any atom is -0.321 e. The molecule has 3 aromatic rings. The quantitative estimate of drug-likeness (QED) is 0.802. The predicted molar refractivity (Wildman–Crippen MR) is 90.3 cm³/mol. The van der Waals surface area contributed by atoms with Gasteiger partial charge in [0, 0.05) is 10.6 Å². The van der Waals surface area contributed by atoms with E-state index in [0.29, 0.717) is 0 Å². The van der Waals surface area contributed by atoms with Crippen LogP contribution in [0.1, 0.15) is 33.0 Å². The first-order valence-electron chi connectivity index (χ1n) is 7.69. The Kier molecular flexibility index (Phi) is 3.67. The summed E-state index contributed by atoms with van der Waals surface area (Å²) in [5.41, 5.74) is 2.99. The average molecular weight is 324 g/mol. The second-order valence-electron chi connectivity index (χ2n) is 5.59. The van der Waals surface area contributed by atoms with Gasteiger partial charge in [0.25, 0.3) is 5.91 Å². The number of carbonyl (C=O) groups excluding carboxylic acids is 1. The van der Waals surface area contributed by atoms with Gasteiger partial charge in [-0.3, -0.25) is 4.79 Å². The van der Waals surface area contributed by atoms with Crippen LogP contribution in [0.4, 0.5) is 5.69 Å². The molecule has 1 amide bonds. The van der Waals surface area contributed by atoms with E-state index in [-0.39, 0.29) is 5.91 Å². The van der Waals surface area contributed by atoms with Gasteiger partial charge in [0.15, 0.2) is 0 Å². The number of aryl methyl sites for hydroxylation is 2. The number of hydrogen-bond donors (Lipinski definition) is 1. The zero-order valence-corrected chi connectivity index (χ0v) is 13.3. The van der Waals surface area contributed by atoms with Gasteiger partial charge >= 0.3 is 0 Å². The van der Waals surface area contributed by atoms with Crippen molar-refractivity contribution >= 4 is 22.9 Å². The highest BCUT2D eigenvalue weighted by Crippen LogP contribution is 2.30. The van der Waals surface area contributed by atoms with Gasteiger partial charge in [-0.15, -0.1) is 11.3 Å². The van der Waals surface area contributed by atoms with Crippen LogP contribution in [0, 0.1) is 0 Å². The molecule has 0 saturated carbocycles. The standard InChI is InChI=1S/C17H16N4OS/c22-17(16-11-12-3-1-2-4-15(12)23-16)20-13-5-7-14(8-6-13)21-18-9-10-19-21/h5-11H,1-4H2,(H,20,22). The summed E-state index contributed by atoms with van der Waals surface area (Å²) in [7, 11) is 0. The number of nitrogens with one attached hydrogen (secondary N) is 1. The molecule has 23 heavy (non-hydrogen) atoms. The Labute approximate surface area is 138 Å². The molecule has 5 nitrogen and oxygen atoms in total. The summed E-state index contributed by atoms with van der Waals surface area (Å²) < 4.78 is 0. The van der Waals surface area contributed by atoms with Gasteiger partial charge in [0.05, 0.1) is 23.0 Å². The molecule has 2 aromatic heterocycles. The largest absolute Gasteiger partial charge is 0.321 e. The molecule has 0 fully saturated rings. The zero-order valence-electron chi connectivity index (χ0n) is 12.5. The minimum atomic E-state index is -0.0330. The summed E-state index contributed by atoms with van der Waals surface area (Å²) in [5.74, 6) is -0.0330. The molecule has 0 saturated heterocycles. The highest BCUT2D eigenvalue weighted by atomic mass is 32.1. The first kappa shape index (κ1) is 14.1. The summed E-state index contributed by atoms with van der Waals surface area (Å²) in [4.78, 5) is 16.1. The van der Waals surface area contributed by atoms with E-state index in [2.05, 4.69) is 21.6 Å². The number of aromatic nitrogens is 3. The van der Waals surface area contributed by atoms with Crippen molar-refractivity contribution in [2.24, 2.45) is 0 Å². The topological polar surface area (TPSA) is 59.8 Å². The van der Waals surface area contributed by atoms with E-state index < -0.39 is 0 Å². The van der Waals surface area contributed by atoms with Crippen LogP contribution in [-0.4, -0.2) is 20.9 Å². The lowest BCUT2D eigenvalue weighted by molar-refractivity contribution is 0.103. The van der Waals surface area contributed by atoms with Gasteiger partial charge in [-0.25, -0.2) is 0 Å². The number of hydrogen-bond acceptors (Lipinski definition) is 4. The molecular weight excluding hydrogens is 308 g/mol. The predicted octanol–water partition coefficient (Wildman–Crippen LogP) is 3.46. The molecule has 6 heteroatoms. The summed E-state index contributed by atoms with van der Waals surface area (Å²) in [5, 5.41) is 11.1. The van der Waals surface area contributed by atoms with Crippen molar-refractivity contribution in [2.75, 3.05) is 5.32 Å². The number of anilines is 1. The number of thiophene rings is 1. The maximum atomic E-state index is 12.4. The molecule has 1 aliphatic rings. The van der Waals surface area contributed by atoms with Crippen LogP contribution < -0.4 is 5.32 Å². The lowest BCUT2D eigenvalue weighted by Crippen LogP contribution is -2.10. The van der Waals surface area contributed by atoms with Crippen LogP contribution in [0.25, 0.3) is 5.69 Å². The van der Waals surface area contributed by atoms with Crippen LogP contribution in [-0.2, 0) is 12.8 Å². The van der Waals surface area contributed by atoms with Crippen LogP contribution >= 0.6 is 11.3 Å². The minimum absolute atomic E-state index is 0.0330. The Morgan fingerprint density at radius 3 is 2.57 bits per heavy atom. The number of benzene rings is 1. The van der Waals surface area contributed by atoms with Gasteiger partial charge in [-0.1, -0.05) is 0 Å². The van der Waals surface area contributed by atoms with Crippen molar-refractivity contribution in [1.82, 2.24) is 15.0 Å². The molecule has 0 aliphatic heterocycles. The number of fused-ring (bicyclic) bond motifs is 1. The second kappa shape index (κ2) is 5.96. The molecule has 1 N–H and O–H groups in total. The molecule has 0 bridgehead atoms. The van der Waals surface area contributed by atoms with Gasteiger partial charge in [0.2, 0.25) is 0 Å². The summed E-state index contributed by atoms with van der Waals surface area (Å²) >= 11 is 1.63. The summed E-state index contributed by atoms with van der Waals surface area (Å²) in [6.07, 6.45) is 7.94. The van der Waals surface area contributed by atoms with Crippen molar-refractivity contribution in [3.63, 3.8) is 0 Å². The molecule has 1 aliphatic carbocycles. The van der Waals surface area contributed by atoms with Crippen molar-refractivity contribution < 1.29 is 4.79 Å². The molecule has 116 valence electrons. The van der Waals surface area contributed by atoms with Gasteiger partial charge < -0.3 is 5.32 Å². The first-order valence-corrected chi connectivity index (χ1v) is 8.51. The maximum Gasteiger partial charge on any atom is 0.265 e. The lowest BCUT2D eigenvalue weighted by atomic mass is 9.99. The second-order valence-corrected chi connectivity index (χ2v) is 6.72. The van der Waals surface area contributed by atoms with Crippen LogP contribution in [0.2, 0.25) is 0 Å². The van der Waals surface area contributed by atoms with Crippen molar-refractivity contribution in [1.29, 1.82) is 0 Å². The maximum absolute atomic E-state index is 12.4. The van der Waals surface area contributed by atoms with E-state index in [4.69, 9.17) is 0 Å². The van der Waals surface area contributed by atoms with Crippen molar-refractivity contribution in [3.05, 3.63) is 58.0 Å². The fourth-order valence-corrected chi connectivity index (χ4v) is 3.97. The van der Waals surface area contributed by atoms with E-state index in [1.807, 2.05) is 24.3 Å². The number of nitrogens with zero attached hydrogens (tertiary/aromatic N) is 3. The normalized spacial score (nSPS) is 13.6. The van der Waals surface area contributed by atoms with E-state index >= 15 is 0 Å². The Bertz CT molecular complexity index is 797. The third-order valence-electron chi connectivity index (χ3n) is 4.00. The van der Waals surface area contributed by atoms with Gasteiger partial charge in [0.1, 0.15) is 0 Å². The number of rotatable bonds is 3. The molecule has 0 radical (unpaired) electrons. The van der Waals surface area contributed by atoms with Gasteiger partial charge in [-0.2, -0.15) is 15.0 Å². The van der Waals surface area contributed by atoms with Crippen LogP contribution in [0.3, 0.4) is 0 Å². The van der Waals surface area contributed by atoms with E-state index in [1.165, 1.54) is 23.3 Å². The smallest absolute Gasteiger partial charge is 0.265 e. The third kappa shape index (κ3) is 2.90. The third-order valence-corrected chi connectivity index (χ3v) is 5.23. The fourth-order valence-electron chi connectivity index (χ4n) is 2.82. The molecule has 2 heterocycles. The Balaban J connectivity index is 1.49. The monoisotopic (exact) mass is 324 g/mol. The van der Waals surface area contributed by atoms with E-state index in [0.717, 1.165) is 29.1 Å². The zero-order chi connectivity index (χ0) is 15.6. The summed E-state index contributed by atoms with van der Waals surface area (Å²) in [6, 6.07) is 9.55. The number of carbonyl (C=O) groups is 1. The Morgan fingerprint density at radius 1 is 1.09 bits per heavy atom. The number of amides is 1. The van der Waals surface area contributed by atoms with Crippen LogP contribution in [0.5, 0.6) is 0 Å². The molecule has 0 spiro atoms. The Hall–Kier alpha value is -2.47. The molecular formula is C17H16N4OS. The fraction of sp³-hybridized carbons (Fsp3) is 0.235. The SMILES string of the molecule is O=C(Nc1ccc(-n2nccn2)cc1)c1cc2c(s1)CCCC2. The summed E-state index contributed by atoms with van der Waals surface area (Å²) in [6.45, 7) is 0. The highest BCUT2D eigenvalue weighted by Gasteiger charge is 2.17. The first-order chi connectivity index (χ1) is 11.3. The molecule has 0 atom stereocenters. The van der Waals surface area contributed by atoms with Crippen molar-refractivity contribution in [2.45, 2.75) is 25.7 Å². The Morgan fingerprint density at radius 2 is 1.83 bits per heavy atom. The van der Waals surface area contributed by atoms with Crippen LogP contribution in [0.15, 0.2) is 42.7 Å². The average Bonchev–Trinajstić information content (AvgIpc) is 3.25. The molecule has 1 aromatic carbocycles.